The standard InChI is InChI=1S/C21H32N6OS/c1-24-9-3-2-5-18(24)15-25-10-12-26(13-11-25)17-21(28)23-20-7-8-22-27(20)16-19-6-4-14-29-19/h4,6-8,14,18H,2-3,5,9-13,15-17H2,1H3,(H,23,28). The molecule has 29 heavy (non-hydrogen) atoms. The van der Waals surface area contributed by atoms with E-state index >= 15 is 0 Å². The Kier molecular flexibility index (Phi) is 6.97. The molecule has 2 aliphatic heterocycles. The van der Waals surface area contributed by atoms with Crippen LogP contribution in [0.25, 0.3) is 0 Å². The maximum atomic E-state index is 12.6. The van der Waals surface area contributed by atoms with Crippen molar-refractivity contribution >= 4 is 23.1 Å². The van der Waals surface area contributed by atoms with Gasteiger partial charge in [-0.05, 0) is 37.9 Å². The van der Waals surface area contributed by atoms with Crippen LogP contribution < -0.4 is 5.32 Å². The molecule has 8 heteroatoms. The first-order chi connectivity index (χ1) is 14.2. The highest BCUT2D eigenvalue weighted by Gasteiger charge is 2.25. The molecule has 1 amide bonds. The molecule has 158 valence electrons. The minimum absolute atomic E-state index is 0.0402. The zero-order chi connectivity index (χ0) is 20.1. The van der Waals surface area contributed by atoms with Gasteiger partial charge >= 0.3 is 0 Å². The minimum atomic E-state index is 0.0402. The second kappa shape index (κ2) is 9.84. The van der Waals surface area contributed by atoms with Crippen molar-refractivity contribution in [2.75, 3.05) is 58.2 Å². The molecule has 0 radical (unpaired) electrons. The fraction of sp³-hybridized carbons (Fsp3) is 0.619. The minimum Gasteiger partial charge on any atom is -0.310 e. The van der Waals surface area contributed by atoms with Crippen molar-refractivity contribution in [3.63, 3.8) is 0 Å². The molecule has 1 unspecified atom stereocenters. The van der Waals surface area contributed by atoms with Gasteiger partial charge in [0.2, 0.25) is 5.91 Å². The Hall–Kier alpha value is -1.74. The van der Waals surface area contributed by atoms with Crippen molar-refractivity contribution in [3.8, 4) is 0 Å². The average Bonchev–Trinajstić information content (AvgIpc) is 3.38. The molecule has 2 aromatic rings. The van der Waals surface area contributed by atoms with Gasteiger partial charge in [-0.2, -0.15) is 5.10 Å². The van der Waals surface area contributed by atoms with Crippen molar-refractivity contribution in [3.05, 3.63) is 34.7 Å². The summed E-state index contributed by atoms with van der Waals surface area (Å²) in [6.07, 6.45) is 5.75. The second-order valence-electron chi connectivity index (χ2n) is 8.21. The number of carbonyl (C=O) groups is 1. The Morgan fingerprint density at radius 3 is 2.76 bits per heavy atom. The molecule has 0 aliphatic carbocycles. The number of piperazine rings is 1. The summed E-state index contributed by atoms with van der Waals surface area (Å²) in [4.78, 5) is 21.1. The molecule has 4 heterocycles. The predicted molar refractivity (Wildman–Crippen MR) is 117 cm³/mol. The first-order valence-corrected chi connectivity index (χ1v) is 11.5. The summed E-state index contributed by atoms with van der Waals surface area (Å²) in [5.74, 6) is 0.806. The molecule has 1 N–H and O–H groups in total. The molecule has 2 aliphatic rings. The zero-order valence-corrected chi connectivity index (χ0v) is 18.1. The van der Waals surface area contributed by atoms with E-state index in [1.807, 2.05) is 16.8 Å². The lowest BCUT2D eigenvalue weighted by molar-refractivity contribution is -0.117. The fourth-order valence-electron chi connectivity index (χ4n) is 4.30. The molecule has 0 spiro atoms. The number of anilines is 1. The van der Waals surface area contributed by atoms with Gasteiger partial charge in [-0.1, -0.05) is 12.5 Å². The Balaban J connectivity index is 1.21. The molecular formula is C21H32N6OS. The number of thiophene rings is 1. The normalized spacial score (nSPS) is 22.0. The van der Waals surface area contributed by atoms with Crippen molar-refractivity contribution < 1.29 is 4.79 Å². The molecule has 0 bridgehead atoms. The number of nitrogens with zero attached hydrogens (tertiary/aromatic N) is 5. The Labute approximate surface area is 177 Å². The van der Waals surface area contributed by atoms with E-state index in [0.29, 0.717) is 19.1 Å². The third-order valence-corrected chi connectivity index (χ3v) is 6.95. The van der Waals surface area contributed by atoms with Gasteiger partial charge < -0.3 is 10.2 Å². The zero-order valence-electron chi connectivity index (χ0n) is 17.3. The predicted octanol–water partition coefficient (Wildman–Crippen LogP) is 2.03. The Morgan fingerprint density at radius 2 is 2.00 bits per heavy atom. The van der Waals surface area contributed by atoms with Gasteiger partial charge in [-0.3, -0.25) is 14.6 Å². The lowest BCUT2D eigenvalue weighted by Crippen LogP contribution is -2.52. The SMILES string of the molecule is CN1CCCCC1CN1CCN(CC(=O)Nc2ccnn2Cc2cccs2)CC1. The van der Waals surface area contributed by atoms with Crippen LogP contribution in [0.5, 0.6) is 0 Å². The van der Waals surface area contributed by atoms with Crippen molar-refractivity contribution in [2.45, 2.75) is 31.8 Å². The van der Waals surface area contributed by atoms with E-state index in [0.717, 1.165) is 32.0 Å². The average molecular weight is 417 g/mol. The van der Waals surface area contributed by atoms with E-state index in [9.17, 15) is 4.79 Å². The number of hydrogen-bond donors (Lipinski definition) is 1. The number of hydrogen-bond acceptors (Lipinski definition) is 6. The first-order valence-electron chi connectivity index (χ1n) is 10.7. The van der Waals surface area contributed by atoms with Crippen LogP contribution in [0.2, 0.25) is 0 Å². The van der Waals surface area contributed by atoms with Gasteiger partial charge in [-0.25, -0.2) is 4.68 Å². The maximum Gasteiger partial charge on any atom is 0.239 e. The molecule has 0 saturated carbocycles. The summed E-state index contributed by atoms with van der Waals surface area (Å²) >= 11 is 1.70. The van der Waals surface area contributed by atoms with Crippen molar-refractivity contribution in [1.82, 2.24) is 24.5 Å². The number of likely N-dealkylation sites (N-methyl/N-ethyl adjacent to an activating group) is 1. The monoisotopic (exact) mass is 416 g/mol. The van der Waals surface area contributed by atoms with Crippen molar-refractivity contribution in [1.29, 1.82) is 0 Å². The van der Waals surface area contributed by atoms with Crippen molar-refractivity contribution in [2.24, 2.45) is 0 Å². The molecule has 2 saturated heterocycles. The van der Waals surface area contributed by atoms with Crippen LogP contribution in [-0.4, -0.2) is 89.3 Å². The van der Waals surface area contributed by atoms with Crippen LogP contribution in [0.1, 0.15) is 24.1 Å². The molecule has 2 aromatic heterocycles. The van der Waals surface area contributed by atoms with Crippen LogP contribution in [0, 0.1) is 0 Å². The van der Waals surface area contributed by atoms with Gasteiger partial charge in [0.15, 0.2) is 0 Å². The van der Waals surface area contributed by atoms with Crippen LogP contribution >= 0.6 is 11.3 Å². The van der Waals surface area contributed by atoms with Gasteiger partial charge in [-0.15, -0.1) is 11.3 Å². The summed E-state index contributed by atoms with van der Waals surface area (Å²) in [7, 11) is 2.26. The summed E-state index contributed by atoms with van der Waals surface area (Å²) in [6, 6.07) is 6.68. The third kappa shape index (κ3) is 5.66. The number of aromatic nitrogens is 2. The molecule has 4 rings (SSSR count). The number of amides is 1. The summed E-state index contributed by atoms with van der Waals surface area (Å²) in [5, 5.41) is 9.44. The van der Waals surface area contributed by atoms with Gasteiger partial charge in [0.05, 0.1) is 19.3 Å². The number of piperidine rings is 1. The van der Waals surface area contributed by atoms with Gasteiger partial charge in [0, 0.05) is 49.7 Å². The highest BCUT2D eigenvalue weighted by atomic mass is 32.1. The highest BCUT2D eigenvalue weighted by molar-refractivity contribution is 7.09. The second-order valence-corrected chi connectivity index (χ2v) is 9.24. The molecule has 0 aromatic carbocycles. The largest absolute Gasteiger partial charge is 0.310 e. The van der Waals surface area contributed by atoms with Crippen LogP contribution in [0.4, 0.5) is 5.82 Å². The molecule has 1 atom stereocenters. The van der Waals surface area contributed by atoms with Gasteiger partial charge in [0.25, 0.3) is 0 Å². The number of carbonyl (C=O) groups excluding carboxylic acids is 1. The Morgan fingerprint density at radius 1 is 1.17 bits per heavy atom. The summed E-state index contributed by atoms with van der Waals surface area (Å²) in [5.41, 5.74) is 0. The maximum absolute atomic E-state index is 12.6. The van der Waals surface area contributed by atoms with Gasteiger partial charge in [0.1, 0.15) is 5.82 Å². The van der Waals surface area contributed by atoms with E-state index in [2.05, 4.69) is 43.6 Å². The molecular weight excluding hydrogens is 384 g/mol. The number of likely N-dealkylation sites (tertiary alicyclic amines) is 1. The van der Waals surface area contributed by atoms with E-state index < -0.39 is 0 Å². The number of nitrogens with one attached hydrogen (secondary N) is 1. The number of rotatable bonds is 7. The lowest BCUT2D eigenvalue weighted by atomic mass is 10.0. The fourth-order valence-corrected chi connectivity index (χ4v) is 4.99. The smallest absolute Gasteiger partial charge is 0.239 e. The van der Waals surface area contributed by atoms with E-state index in [1.54, 1.807) is 17.5 Å². The van der Waals surface area contributed by atoms with E-state index in [1.165, 1.54) is 37.2 Å². The third-order valence-electron chi connectivity index (χ3n) is 6.09. The Bertz CT molecular complexity index is 768. The topological polar surface area (TPSA) is 56.6 Å². The summed E-state index contributed by atoms with van der Waals surface area (Å²) in [6.45, 7) is 7.54. The van der Waals surface area contributed by atoms with Crippen LogP contribution in [-0.2, 0) is 11.3 Å². The highest BCUT2D eigenvalue weighted by Crippen LogP contribution is 2.17. The van der Waals surface area contributed by atoms with E-state index in [-0.39, 0.29) is 5.91 Å². The summed E-state index contributed by atoms with van der Waals surface area (Å²) < 4.78 is 1.85. The molecule has 7 nitrogen and oxygen atoms in total. The van der Waals surface area contributed by atoms with E-state index in [4.69, 9.17) is 0 Å². The quantitative estimate of drug-likeness (QED) is 0.749. The molecule has 2 fully saturated rings. The lowest BCUT2D eigenvalue weighted by Gasteiger charge is -2.40. The van der Waals surface area contributed by atoms with Crippen LogP contribution in [0.15, 0.2) is 29.8 Å². The van der Waals surface area contributed by atoms with Crippen LogP contribution in [0.3, 0.4) is 0 Å². The first kappa shape index (κ1) is 20.5.